The fourth-order valence-electron chi connectivity index (χ4n) is 0.775. The van der Waals surface area contributed by atoms with Gasteiger partial charge in [0.05, 0.1) is 19.4 Å². The second-order valence-electron chi connectivity index (χ2n) is 2.12. The van der Waals surface area contributed by atoms with Crippen molar-refractivity contribution in [3.63, 3.8) is 0 Å². The number of aliphatic hydroxyl groups excluding tert-OH is 1. The van der Waals surface area contributed by atoms with E-state index < -0.39 is 6.29 Å². The Labute approximate surface area is 65.2 Å². The molecule has 0 aliphatic carbocycles. The summed E-state index contributed by atoms with van der Waals surface area (Å²) in [4.78, 5) is 3.73. The molecule has 0 spiro atoms. The molecule has 4 heteroatoms. The van der Waals surface area contributed by atoms with Crippen molar-refractivity contribution in [1.29, 1.82) is 0 Å². The molecule has 1 rings (SSSR count). The van der Waals surface area contributed by atoms with Gasteiger partial charge in [0.2, 0.25) is 0 Å². The standard InChI is InChI=1S/C7H11NO3/c1-2-8-3-7-10-5-6(4-9)11-7/h2-3,6-7,9H,1,4-5H2. The molecule has 11 heavy (non-hydrogen) atoms. The summed E-state index contributed by atoms with van der Waals surface area (Å²) in [5, 5.41) is 8.64. The van der Waals surface area contributed by atoms with Gasteiger partial charge in [-0.1, -0.05) is 6.58 Å². The second-order valence-corrected chi connectivity index (χ2v) is 2.12. The van der Waals surface area contributed by atoms with Crippen LogP contribution in [0.3, 0.4) is 0 Å². The first-order chi connectivity index (χ1) is 5.36. The van der Waals surface area contributed by atoms with Gasteiger partial charge in [-0.25, -0.2) is 0 Å². The van der Waals surface area contributed by atoms with E-state index in [1.807, 2.05) is 0 Å². The first-order valence-electron chi connectivity index (χ1n) is 3.39. The van der Waals surface area contributed by atoms with Crippen LogP contribution in [0.25, 0.3) is 0 Å². The van der Waals surface area contributed by atoms with Crippen molar-refractivity contribution in [3.8, 4) is 0 Å². The zero-order valence-electron chi connectivity index (χ0n) is 6.14. The van der Waals surface area contributed by atoms with Gasteiger partial charge in [-0.05, 0) is 0 Å². The molecule has 0 aromatic heterocycles. The number of ether oxygens (including phenoxy) is 2. The molecule has 0 saturated carbocycles. The first-order valence-corrected chi connectivity index (χ1v) is 3.39. The molecule has 2 unspecified atom stereocenters. The molecule has 1 aliphatic heterocycles. The molecule has 0 aromatic carbocycles. The molecule has 0 amide bonds. The number of aliphatic hydroxyl groups is 1. The lowest BCUT2D eigenvalue weighted by Gasteiger charge is -2.02. The largest absolute Gasteiger partial charge is 0.394 e. The van der Waals surface area contributed by atoms with E-state index in [2.05, 4.69) is 11.6 Å². The summed E-state index contributed by atoms with van der Waals surface area (Å²) >= 11 is 0. The summed E-state index contributed by atoms with van der Waals surface area (Å²) in [6, 6.07) is 0. The summed E-state index contributed by atoms with van der Waals surface area (Å²) in [5.74, 6) is 0. The maximum atomic E-state index is 8.64. The Balaban J connectivity index is 2.29. The smallest absolute Gasteiger partial charge is 0.194 e. The average molecular weight is 157 g/mol. The zero-order chi connectivity index (χ0) is 8.10. The minimum atomic E-state index is -0.426. The van der Waals surface area contributed by atoms with Crippen molar-refractivity contribution in [1.82, 2.24) is 0 Å². The van der Waals surface area contributed by atoms with Gasteiger partial charge in [0.15, 0.2) is 6.29 Å². The van der Waals surface area contributed by atoms with Crippen molar-refractivity contribution < 1.29 is 14.6 Å². The highest BCUT2D eigenvalue weighted by Gasteiger charge is 2.23. The van der Waals surface area contributed by atoms with Crippen LogP contribution in [-0.4, -0.2) is 36.9 Å². The van der Waals surface area contributed by atoms with E-state index in [-0.39, 0.29) is 12.7 Å². The summed E-state index contributed by atoms with van der Waals surface area (Å²) in [6.45, 7) is 3.81. The number of rotatable bonds is 3. The van der Waals surface area contributed by atoms with Gasteiger partial charge in [0, 0.05) is 6.20 Å². The molecule has 62 valence electrons. The van der Waals surface area contributed by atoms with Gasteiger partial charge < -0.3 is 14.6 Å². The number of hydrogen-bond acceptors (Lipinski definition) is 4. The summed E-state index contributed by atoms with van der Waals surface area (Å²) in [5.41, 5.74) is 0. The molecule has 1 heterocycles. The van der Waals surface area contributed by atoms with Crippen LogP contribution >= 0.6 is 0 Å². The molecular weight excluding hydrogens is 146 g/mol. The van der Waals surface area contributed by atoms with Crippen LogP contribution in [0.2, 0.25) is 0 Å². The van der Waals surface area contributed by atoms with Crippen molar-refractivity contribution in [2.75, 3.05) is 13.2 Å². The topological polar surface area (TPSA) is 51.0 Å². The van der Waals surface area contributed by atoms with Crippen molar-refractivity contribution in [2.24, 2.45) is 4.99 Å². The minimum absolute atomic E-state index is 0.0154. The van der Waals surface area contributed by atoms with Crippen LogP contribution < -0.4 is 0 Å². The van der Waals surface area contributed by atoms with Gasteiger partial charge in [-0.15, -0.1) is 0 Å². The molecule has 1 aliphatic rings. The van der Waals surface area contributed by atoms with Gasteiger partial charge in [-0.2, -0.15) is 0 Å². The predicted molar refractivity (Wildman–Crippen MR) is 40.4 cm³/mol. The van der Waals surface area contributed by atoms with Gasteiger partial charge in [0.1, 0.15) is 6.10 Å². The van der Waals surface area contributed by atoms with Gasteiger partial charge in [0.25, 0.3) is 0 Å². The van der Waals surface area contributed by atoms with E-state index >= 15 is 0 Å². The Morgan fingerprint density at radius 3 is 3.09 bits per heavy atom. The quantitative estimate of drug-likeness (QED) is 0.583. The van der Waals surface area contributed by atoms with Crippen molar-refractivity contribution in [2.45, 2.75) is 12.4 Å². The highest BCUT2D eigenvalue weighted by Crippen LogP contribution is 2.08. The van der Waals surface area contributed by atoms with Gasteiger partial charge >= 0.3 is 0 Å². The maximum absolute atomic E-state index is 8.64. The van der Waals surface area contributed by atoms with E-state index in [4.69, 9.17) is 14.6 Å². The third kappa shape index (κ3) is 2.42. The van der Waals surface area contributed by atoms with E-state index in [1.54, 1.807) is 0 Å². The normalized spacial score (nSPS) is 31.4. The number of nitrogens with zero attached hydrogens (tertiary/aromatic N) is 1. The van der Waals surface area contributed by atoms with Crippen LogP contribution in [0.1, 0.15) is 0 Å². The third-order valence-electron chi connectivity index (χ3n) is 1.29. The Kier molecular flexibility index (Phi) is 3.22. The van der Waals surface area contributed by atoms with Crippen LogP contribution in [-0.2, 0) is 9.47 Å². The second kappa shape index (κ2) is 4.23. The Hall–Kier alpha value is -0.710. The monoisotopic (exact) mass is 157 g/mol. The fraction of sp³-hybridized carbons (Fsp3) is 0.571. The summed E-state index contributed by atoms with van der Waals surface area (Å²) < 4.78 is 10.2. The molecular formula is C7H11NO3. The van der Waals surface area contributed by atoms with Crippen LogP contribution in [0.15, 0.2) is 17.8 Å². The highest BCUT2D eigenvalue weighted by molar-refractivity contribution is 5.62. The molecule has 2 atom stereocenters. The third-order valence-corrected chi connectivity index (χ3v) is 1.29. The Morgan fingerprint density at radius 2 is 2.55 bits per heavy atom. The van der Waals surface area contributed by atoms with E-state index in [0.717, 1.165) is 0 Å². The Morgan fingerprint density at radius 1 is 1.73 bits per heavy atom. The minimum Gasteiger partial charge on any atom is -0.394 e. The van der Waals surface area contributed by atoms with E-state index in [9.17, 15) is 0 Å². The zero-order valence-corrected chi connectivity index (χ0v) is 6.14. The molecule has 0 bridgehead atoms. The lowest BCUT2D eigenvalue weighted by atomic mass is 10.4. The maximum Gasteiger partial charge on any atom is 0.194 e. The molecule has 1 saturated heterocycles. The van der Waals surface area contributed by atoms with Gasteiger partial charge in [-0.3, -0.25) is 4.99 Å². The SMILES string of the molecule is C=CN=CC1OCC(CO)O1. The average Bonchev–Trinajstić information content (AvgIpc) is 2.48. The van der Waals surface area contributed by atoms with Crippen molar-refractivity contribution >= 4 is 6.21 Å². The lowest BCUT2D eigenvalue weighted by Crippen LogP contribution is -2.16. The molecule has 1 fully saturated rings. The fourth-order valence-corrected chi connectivity index (χ4v) is 0.775. The predicted octanol–water partition coefficient (Wildman–Crippen LogP) is -0.0655. The highest BCUT2D eigenvalue weighted by atomic mass is 16.7. The molecule has 4 nitrogen and oxygen atoms in total. The number of aliphatic imine (C=N–C) groups is 1. The molecule has 0 aromatic rings. The van der Waals surface area contributed by atoms with Crippen molar-refractivity contribution in [3.05, 3.63) is 12.8 Å². The molecule has 0 radical (unpaired) electrons. The molecule has 1 N–H and O–H groups in total. The number of hydrogen-bond donors (Lipinski definition) is 1. The van der Waals surface area contributed by atoms with Crippen LogP contribution in [0.5, 0.6) is 0 Å². The first kappa shape index (κ1) is 8.39. The summed E-state index contributed by atoms with van der Waals surface area (Å²) in [7, 11) is 0. The van der Waals surface area contributed by atoms with E-state index in [1.165, 1.54) is 12.4 Å². The van der Waals surface area contributed by atoms with Crippen LogP contribution in [0.4, 0.5) is 0 Å². The summed E-state index contributed by atoms with van der Waals surface area (Å²) in [6.07, 6.45) is 2.27. The van der Waals surface area contributed by atoms with Crippen LogP contribution in [0, 0.1) is 0 Å². The van der Waals surface area contributed by atoms with E-state index in [0.29, 0.717) is 6.61 Å². The lowest BCUT2D eigenvalue weighted by molar-refractivity contribution is -0.0125. The Bertz CT molecular complexity index is 158.